The minimum atomic E-state index is -5.46. The number of aromatic amines is 1. The summed E-state index contributed by atoms with van der Waals surface area (Å²) in [4.78, 5) is 65.2. The third-order valence-corrected chi connectivity index (χ3v) is 6.75. The van der Waals surface area contributed by atoms with Gasteiger partial charge in [-0.25, -0.2) is 18.5 Å². The Bertz CT molecular complexity index is 1050. The standard InChI is InChI=1S/C11H13F3N2O4.H5O10P3/c1-6-4-16(10(18)15-9(6)17)8-3-2-7(20-8)5-19-11(12,13)14;1-11(2,3)9-13(7,8)10-12(4,5)6/h4,7-8H,2-3,5H2,1H3,(H,15,17,18);(H,7,8)(H2,1,2,3)(H2,4,5,6)/t7-,8+;/m0./s1. The number of hydrogen-bond acceptors (Lipinski definition) is 9. The highest BCUT2D eigenvalue weighted by Crippen LogP contribution is 2.64. The Hall–Kier alpha value is -1.20. The minimum absolute atomic E-state index is 0.322. The van der Waals surface area contributed by atoms with Crippen molar-refractivity contribution in [1.82, 2.24) is 9.55 Å². The van der Waals surface area contributed by atoms with E-state index in [1.54, 1.807) is 0 Å². The third kappa shape index (κ3) is 12.2. The number of phosphoric acid groups is 3. The second-order valence-electron chi connectivity index (χ2n) is 6.14. The number of nitrogens with one attached hydrogen (secondary N) is 1. The van der Waals surface area contributed by atoms with Crippen molar-refractivity contribution in [3.05, 3.63) is 32.6 Å². The van der Waals surface area contributed by atoms with Crippen molar-refractivity contribution in [2.45, 2.75) is 38.5 Å². The summed E-state index contributed by atoms with van der Waals surface area (Å²) < 4.78 is 82.3. The first-order valence-corrected chi connectivity index (χ1v) is 12.8. The molecule has 1 aromatic rings. The van der Waals surface area contributed by atoms with E-state index in [1.165, 1.54) is 17.7 Å². The lowest BCUT2D eigenvalue weighted by molar-refractivity contribution is -0.331. The molecule has 6 N–H and O–H groups in total. The molecular weight excluding hydrogens is 534 g/mol. The molecule has 0 radical (unpaired) electrons. The van der Waals surface area contributed by atoms with E-state index >= 15 is 0 Å². The van der Waals surface area contributed by atoms with Crippen LogP contribution in [0.2, 0.25) is 0 Å². The Morgan fingerprint density at radius 3 is 2.06 bits per heavy atom. The maximum absolute atomic E-state index is 11.9. The Balaban J connectivity index is 0.000000366. The zero-order valence-corrected chi connectivity index (χ0v) is 18.9. The fourth-order valence-electron chi connectivity index (χ4n) is 2.29. The smallest absolute Gasteiger partial charge is 0.352 e. The zero-order valence-electron chi connectivity index (χ0n) is 16.2. The lowest BCUT2D eigenvalue weighted by Crippen LogP contribution is -2.33. The van der Waals surface area contributed by atoms with E-state index in [0.29, 0.717) is 18.4 Å². The van der Waals surface area contributed by atoms with Gasteiger partial charge >= 0.3 is 35.5 Å². The number of hydrogen-bond donors (Lipinski definition) is 6. The van der Waals surface area contributed by atoms with Crippen LogP contribution in [-0.4, -0.2) is 53.1 Å². The lowest BCUT2D eigenvalue weighted by atomic mass is 10.2. The molecule has 2 rings (SSSR count). The van der Waals surface area contributed by atoms with Crippen LogP contribution in [0.5, 0.6) is 0 Å². The van der Waals surface area contributed by atoms with E-state index < -0.39 is 60.0 Å². The highest BCUT2D eigenvalue weighted by molar-refractivity contribution is 7.66. The van der Waals surface area contributed by atoms with Crippen LogP contribution in [0.15, 0.2) is 15.8 Å². The van der Waals surface area contributed by atoms with Crippen LogP contribution in [0.4, 0.5) is 13.2 Å². The van der Waals surface area contributed by atoms with Crippen molar-refractivity contribution in [2.75, 3.05) is 6.61 Å². The predicted octanol–water partition coefficient (Wildman–Crippen LogP) is 0.364. The van der Waals surface area contributed by atoms with Gasteiger partial charge in [0.15, 0.2) is 0 Å². The van der Waals surface area contributed by atoms with Gasteiger partial charge in [-0.1, -0.05) is 0 Å². The van der Waals surface area contributed by atoms with Gasteiger partial charge < -0.3 is 29.2 Å². The van der Waals surface area contributed by atoms with Gasteiger partial charge in [0.1, 0.15) is 6.23 Å². The molecule has 0 spiro atoms. The first kappa shape index (κ1) is 29.8. The highest BCUT2D eigenvalue weighted by atomic mass is 31.3. The Kier molecular flexibility index (Phi) is 9.97. The summed E-state index contributed by atoms with van der Waals surface area (Å²) >= 11 is 0. The van der Waals surface area contributed by atoms with Crippen molar-refractivity contribution in [2.24, 2.45) is 0 Å². The molecule has 1 aromatic heterocycles. The fraction of sp³-hybridized carbons (Fsp3) is 0.636. The molecule has 0 aliphatic carbocycles. The number of halogens is 3. The first-order valence-electron chi connectivity index (χ1n) is 8.22. The lowest BCUT2D eigenvalue weighted by Gasteiger charge is -2.16. The second kappa shape index (κ2) is 11.0. The van der Waals surface area contributed by atoms with E-state index in [4.69, 9.17) is 29.2 Å². The molecule has 0 bridgehead atoms. The van der Waals surface area contributed by atoms with Crippen molar-refractivity contribution in [1.29, 1.82) is 0 Å². The van der Waals surface area contributed by atoms with E-state index in [2.05, 4.69) is 18.3 Å². The SMILES string of the molecule is Cc1cn([C@H]2CC[C@@H](COC(F)(F)F)O2)c(=O)[nH]c1=O.O=P(O)(O)OP(=O)(O)OP(=O)(O)O. The third-order valence-electron chi connectivity index (χ3n) is 3.39. The van der Waals surface area contributed by atoms with Crippen molar-refractivity contribution >= 4 is 23.5 Å². The van der Waals surface area contributed by atoms with Gasteiger partial charge in [-0.2, -0.15) is 8.62 Å². The Labute approximate surface area is 181 Å². The topological polar surface area (TPSA) is 244 Å². The van der Waals surface area contributed by atoms with Gasteiger partial charge in [-0.3, -0.25) is 19.1 Å². The van der Waals surface area contributed by atoms with Gasteiger partial charge in [-0.15, -0.1) is 13.2 Å². The van der Waals surface area contributed by atoms with Gasteiger partial charge in [0.25, 0.3) is 5.56 Å². The fourth-order valence-corrected chi connectivity index (χ4v) is 4.82. The number of aromatic nitrogens is 2. The molecule has 16 nitrogen and oxygen atoms in total. The van der Waals surface area contributed by atoms with Crippen molar-refractivity contribution < 1.29 is 69.4 Å². The molecule has 1 aliphatic heterocycles. The summed E-state index contributed by atoms with van der Waals surface area (Å²) in [6.45, 7) is 0.908. The molecule has 33 heavy (non-hydrogen) atoms. The van der Waals surface area contributed by atoms with Gasteiger partial charge in [0, 0.05) is 11.8 Å². The number of rotatable bonds is 7. The molecule has 2 atom stereocenters. The molecule has 22 heteroatoms. The average Bonchev–Trinajstić information content (AvgIpc) is 3.00. The van der Waals surface area contributed by atoms with Crippen LogP contribution in [0.25, 0.3) is 0 Å². The molecule has 0 unspecified atom stereocenters. The highest BCUT2D eigenvalue weighted by Gasteiger charge is 2.38. The predicted molar refractivity (Wildman–Crippen MR) is 97.3 cm³/mol. The second-order valence-corrected chi connectivity index (χ2v) is 10.3. The Morgan fingerprint density at radius 1 is 1.09 bits per heavy atom. The summed E-state index contributed by atoms with van der Waals surface area (Å²) in [5, 5.41) is 0. The summed E-state index contributed by atoms with van der Waals surface area (Å²) in [6.07, 6.45) is -4.09. The van der Waals surface area contributed by atoms with Crippen molar-refractivity contribution in [3.8, 4) is 0 Å². The quantitative estimate of drug-likeness (QED) is 0.250. The monoisotopic (exact) mass is 552 g/mol. The molecule has 0 saturated carbocycles. The molecule has 1 fully saturated rings. The van der Waals surface area contributed by atoms with E-state index in [1.807, 2.05) is 0 Å². The summed E-state index contributed by atoms with van der Waals surface area (Å²) in [5.74, 6) is 0. The van der Waals surface area contributed by atoms with Crippen LogP contribution in [0.3, 0.4) is 0 Å². The number of alkyl halides is 3. The van der Waals surface area contributed by atoms with E-state index in [9.17, 15) is 36.5 Å². The normalized spacial score (nSPS) is 19.8. The molecule has 1 saturated heterocycles. The molecule has 0 amide bonds. The van der Waals surface area contributed by atoms with Crippen LogP contribution in [-0.2, 0) is 31.8 Å². The van der Waals surface area contributed by atoms with Gasteiger partial charge in [-0.05, 0) is 19.8 Å². The van der Waals surface area contributed by atoms with Crippen LogP contribution in [0.1, 0.15) is 24.6 Å². The molecule has 2 heterocycles. The van der Waals surface area contributed by atoms with Crippen LogP contribution >= 0.6 is 23.5 Å². The average molecular weight is 552 g/mol. The number of H-pyrrole nitrogens is 1. The zero-order chi connectivity index (χ0) is 25.8. The van der Waals surface area contributed by atoms with Crippen molar-refractivity contribution in [3.63, 3.8) is 0 Å². The summed E-state index contributed by atoms with van der Waals surface area (Å²) in [6, 6.07) is 0. The largest absolute Gasteiger partial charge is 0.522 e. The maximum atomic E-state index is 11.9. The van der Waals surface area contributed by atoms with E-state index in [0.717, 1.165) is 0 Å². The Morgan fingerprint density at radius 2 is 1.61 bits per heavy atom. The molecule has 0 aromatic carbocycles. The number of aryl methyl sites for hydroxylation is 1. The first-order chi connectivity index (χ1) is 14.7. The molecule has 1 aliphatic rings. The minimum Gasteiger partial charge on any atom is -0.352 e. The number of nitrogens with zero attached hydrogens (tertiary/aromatic N) is 1. The van der Waals surface area contributed by atoms with Gasteiger partial charge in [0.05, 0.1) is 12.7 Å². The molecule has 192 valence electrons. The van der Waals surface area contributed by atoms with Crippen LogP contribution in [0, 0.1) is 6.92 Å². The maximum Gasteiger partial charge on any atom is 0.522 e. The van der Waals surface area contributed by atoms with Crippen LogP contribution < -0.4 is 11.2 Å². The summed E-state index contributed by atoms with van der Waals surface area (Å²) in [7, 11) is -16.2. The van der Waals surface area contributed by atoms with Gasteiger partial charge in [0.2, 0.25) is 0 Å². The summed E-state index contributed by atoms with van der Waals surface area (Å²) in [5.41, 5.74) is -0.826. The molecular formula is C11H18F3N2O14P3. The van der Waals surface area contributed by atoms with E-state index in [-0.39, 0.29) is 0 Å². The number of ether oxygens (including phenoxy) is 2.